The summed E-state index contributed by atoms with van der Waals surface area (Å²) in [6.07, 6.45) is 5.93. The summed E-state index contributed by atoms with van der Waals surface area (Å²) in [5.74, 6) is 0.846. The Morgan fingerprint density at radius 2 is 1.95 bits per heavy atom. The average molecular weight is 284 g/mol. The first kappa shape index (κ1) is 14.4. The second-order valence-electron chi connectivity index (χ2n) is 4.58. The molecule has 0 fully saturated rings. The van der Waals surface area contributed by atoms with Crippen LogP contribution < -0.4 is 4.43 Å². The molecule has 0 aliphatic heterocycles. The third-order valence-corrected chi connectivity index (χ3v) is 3.31. The largest absolute Gasteiger partial charge is 0.541 e. The van der Waals surface area contributed by atoms with Crippen molar-refractivity contribution in [2.45, 2.75) is 26.4 Å². The van der Waals surface area contributed by atoms with Gasteiger partial charge in [0.25, 0.3) is 9.04 Å². The minimum absolute atomic E-state index is 0.671. The maximum absolute atomic E-state index is 5.83. The Bertz CT molecular complexity index is 599. The van der Waals surface area contributed by atoms with Crippen molar-refractivity contribution in [1.82, 2.24) is 9.97 Å². The molecule has 5 heteroatoms. The molecule has 0 amide bonds. The van der Waals surface area contributed by atoms with Crippen molar-refractivity contribution in [3.8, 4) is 5.75 Å². The van der Waals surface area contributed by atoms with Crippen LogP contribution in [0.15, 0.2) is 41.7 Å². The Morgan fingerprint density at radius 1 is 1.20 bits per heavy atom. The molecular weight excluding hydrogens is 266 g/mol. The van der Waals surface area contributed by atoms with Gasteiger partial charge >= 0.3 is 0 Å². The molecule has 0 unspecified atom stereocenters. The molecule has 0 aliphatic carbocycles. The van der Waals surface area contributed by atoms with Crippen molar-refractivity contribution in [3.63, 3.8) is 0 Å². The van der Waals surface area contributed by atoms with Gasteiger partial charge < -0.3 is 4.43 Å². The topological polar surface area (TPSA) is 47.4 Å². The molecule has 0 atom stereocenters. The van der Waals surface area contributed by atoms with E-state index in [0.29, 0.717) is 6.42 Å². The Morgan fingerprint density at radius 3 is 2.70 bits per heavy atom. The van der Waals surface area contributed by atoms with E-state index in [-0.39, 0.29) is 0 Å². The van der Waals surface area contributed by atoms with Crippen molar-refractivity contribution in [2.75, 3.05) is 0 Å². The molecule has 1 aromatic carbocycles. The summed E-state index contributed by atoms with van der Waals surface area (Å²) in [7, 11) is -0.788. The highest BCUT2D eigenvalue weighted by Crippen LogP contribution is 2.27. The number of rotatable bonds is 5. The van der Waals surface area contributed by atoms with Gasteiger partial charge in [0, 0.05) is 25.0 Å². The van der Waals surface area contributed by atoms with Gasteiger partial charge in [-0.2, -0.15) is 0 Å². The second kappa shape index (κ2) is 6.95. The number of para-hydroxylation sites is 2. The molecule has 0 N–H and O–H groups in total. The smallest absolute Gasteiger partial charge is 0.274 e. The fourth-order valence-corrected chi connectivity index (χ4v) is 2.35. The van der Waals surface area contributed by atoms with E-state index in [2.05, 4.69) is 28.1 Å². The molecule has 0 bridgehead atoms. The van der Waals surface area contributed by atoms with E-state index >= 15 is 0 Å². The third kappa shape index (κ3) is 3.99. The van der Waals surface area contributed by atoms with Gasteiger partial charge in [-0.15, -0.1) is 0 Å². The van der Waals surface area contributed by atoms with Gasteiger partial charge in [0.1, 0.15) is 11.4 Å². The van der Waals surface area contributed by atoms with E-state index in [0.717, 1.165) is 22.8 Å². The second-order valence-corrected chi connectivity index (χ2v) is 6.60. The Balaban J connectivity index is 2.10. The Labute approximate surface area is 121 Å². The van der Waals surface area contributed by atoms with Gasteiger partial charge in [-0.3, -0.25) is 15.0 Å². The van der Waals surface area contributed by atoms with Crippen LogP contribution in [0.25, 0.3) is 0 Å². The summed E-state index contributed by atoms with van der Waals surface area (Å²) >= 11 is 0. The zero-order chi connectivity index (χ0) is 14.4. The summed E-state index contributed by atoms with van der Waals surface area (Å²) in [6.45, 7) is 6.16. The first-order valence-electron chi connectivity index (χ1n) is 6.53. The number of hydrogen-bond acceptors (Lipinski definition) is 4. The van der Waals surface area contributed by atoms with Gasteiger partial charge in [-0.05, 0) is 32.2 Å². The van der Waals surface area contributed by atoms with E-state index in [4.69, 9.17) is 4.43 Å². The predicted octanol–water partition coefficient (Wildman–Crippen LogP) is 3.36. The van der Waals surface area contributed by atoms with Crippen LogP contribution in [0.2, 0.25) is 13.1 Å². The highest BCUT2D eigenvalue weighted by molar-refractivity contribution is 6.49. The summed E-state index contributed by atoms with van der Waals surface area (Å²) in [5, 5.41) is 0. The van der Waals surface area contributed by atoms with Gasteiger partial charge in [0.05, 0.1) is 11.4 Å². The van der Waals surface area contributed by atoms with Crippen LogP contribution in [-0.2, 0) is 6.42 Å². The van der Waals surface area contributed by atoms with Gasteiger partial charge in [-0.25, -0.2) is 0 Å². The lowest BCUT2D eigenvalue weighted by Gasteiger charge is -2.10. The van der Waals surface area contributed by atoms with E-state index in [1.54, 1.807) is 12.4 Å². The van der Waals surface area contributed by atoms with Crippen molar-refractivity contribution in [3.05, 3.63) is 48.0 Å². The van der Waals surface area contributed by atoms with Gasteiger partial charge in [0.2, 0.25) is 0 Å². The normalized spacial score (nSPS) is 11.2. The van der Waals surface area contributed by atoms with Crippen LogP contribution in [-0.4, -0.2) is 25.2 Å². The average Bonchev–Trinajstić information content (AvgIpc) is 2.42. The van der Waals surface area contributed by atoms with E-state index < -0.39 is 9.04 Å². The van der Waals surface area contributed by atoms with Gasteiger partial charge in [-0.1, -0.05) is 12.1 Å². The minimum atomic E-state index is -0.788. The van der Waals surface area contributed by atoms with Crippen LogP contribution in [0.4, 0.5) is 5.69 Å². The van der Waals surface area contributed by atoms with E-state index in [9.17, 15) is 0 Å². The number of benzene rings is 1. The maximum atomic E-state index is 5.83. The zero-order valence-electron chi connectivity index (χ0n) is 12.0. The lowest BCUT2D eigenvalue weighted by Crippen LogP contribution is -2.11. The number of aromatic nitrogens is 2. The van der Waals surface area contributed by atoms with Crippen molar-refractivity contribution >= 4 is 20.9 Å². The lowest BCUT2D eigenvalue weighted by molar-refractivity contribution is 0.582. The summed E-state index contributed by atoms with van der Waals surface area (Å²) in [6, 6.07) is 7.84. The predicted molar refractivity (Wildman–Crippen MR) is 83.2 cm³/mol. The molecule has 0 spiro atoms. The summed E-state index contributed by atoms with van der Waals surface area (Å²) in [5.41, 5.74) is 2.75. The minimum Gasteiger partial charge on any atom is -0.541 e. The Hall–Kier alpha value is -2.01. The highest BCUT2D eigenvalue weighted by Gasteiger charge is 2.05. The molecule has 1 radical (unpaired) electrons. The van der Waals surface area contributed by atoms with Crippen molar-refractivity contribution in [1.29, 1.82) is 0 Å². The number of aliphatic imine (C=N–C) groups is 1. The van der Waals surface area contributed by atoms with Crippen LogP contribution >= 0.6 is 0 Å². The SMILES string of the molecule is Cc1nccnc1CC=Nc1ccccc1O[Si](C)C. The molecule has 2 aromatic rings. The first-order chi connectivity index (χ1) is 9.66. The van der Waals surface area contributed by atoms with Gasteiger partial charge in [0.15, 0.2) is 0 Å². The standard InChI is InChI=1S/C15H18N3OSi/c1-12-13(18-11-10-16-12)8-9-17-14-6-4-5-7-15(14)19-20(2)3/h4-7,9-11H,8H2,1-3H3. The van der Waals surface area contributed by atoms with E-state index in [1.807, 2.05) is 37.4 Å². The van der Waals surface area contributed by atoms with Crippen molar-refractivity contribution < 1.29 is 4.43 Å². The molecule has 103 valence electrons. The van der Waals surface area contributed by atoms with Crippen molar-refractivity contribution in [2.24, 2.45) is 4.99 Å². The molecule has 1 aromatic heterocycles. The Kier molecular flexibility index (Phi) is 5.01. The highest BCUT2D eigenvalue weighted by atomic mass is 28.3. The maximum Gasteiger partial charge on any atom is 0.274 e. The monoisotopic (exact) mass is 284 g/mol. The quantitative estimate of drug-likeness (QED) is 0.625. The third-order valence-electron chi connectivity index (χ3n) is 2.68. The molecule has 4 nitrogen and oxygen atoms in total. The summed E-state index contributed by atoms with van der Waals surface area (Å²) < 4.78 is 5.83. The molecule has 20 heavy (non-hydrogen) atoms. The number of nitrogens with zero attached hydrogens (tertiary/aromatic N) is 3. The number of hydrogen-bond donors (Lipinski definition) is 0. The first-order valence-corrected chi connectivity index (χ1v) is 8.93. The summed E-state index contributed by atoms with van der Waals surface area (Å²) in [4.78, 5) is 13.0. The van der Waals surface area contributed by atoms with Crippen LogP contribution in [0, 0.1) is 6.92 Å². The van der Waals surface area contributed by atoms with Crippen LogP contribution in [0.1, 0.15) is 11.4 Å². The molecule has 1 heterocycles. The fourth-order valence-electron chi connectivity index (χ4n) is 1.74. The van der Waals surface area contributed by atoms with Crippen LogP contribution in [0.3, 0.4) is 0 Å². The molecule has 0 aliphatic rings. The fraction of sp³-hybridized carbons (Fsp3) is 0.267. The number of aryl methyl sites for hydroxylation is 1. The molecular formula is C15H18N3OSi. The van der Waals surface area contributed by atoms with Crippen LogP contribution in [0.5, 0.6) is 5.75 Å². The molecule has 0 saturated carbocycles. The molecule has 2 rings (SSSR count). The van der Waals surface area contributed by atoms with E-state index in [1.165, 1.54) is 0 Å². The zero-order valence-corrected chi connectivity index (χ0v) is 13.0. The lowest BCUT2D eigenvalue weighted by atomic mass is 10.2. The molecule has 0 saturated heterocycles.